The van der Waals surface area contributed by atoms with Gasteiger partial charge in [0.25, 0.3) is 0 Å². The standard InChI is InChI=1S/C9H6O2S.C7H8N2O/c10-9(11)8-5-6-3-1-2-4-7(6)12-8;8-6-3-1-5(2-4-6)7(9)10/h1-5H,(H,10,11);1-4H,8H2,(H2,9,10). The molecule has 0 aliphatic carbocycles. The lowest BCUT2D eigenvalue weighted by Gasteiger charge is -1.93. The summed E-state index contributed by atoms with van der Waals surface area (Å²) in [5.74, 6) is -1.28. The van der Waals surface area contributed by atoms with Crippen molar-refractivity contribution in [1.82, 2.24) is 0 Å². The van der Waals surface area contributed by atoms with Gasteiger partial charge in [-0.25, -0.2) is 4.79 Å². The average Bonchev–Trinajstić information content (AvgIpc) is 2.92. The molecule has 5 N–H and O–H groups in total. The fourth-order valence-corrected chi connectivity index (χ4v) is 2.64. The molecule has 0 saturated heterocycles. The quantitative estimate of drug-likeness (QED) is 0.632. The minimum absolute atomic E-state index is 0.399. The van der Waals surface area contributed by atoms with Gasteiger partial charge < -0.3 is 16.6 Å². The van der Waals surface area contributed by atoms with E-state index in [9.17, 15) is 9.59 Å². The SMILES string of the molecule is NC(=O)c1ccc(N)cc1.O=C(O)c1cc2ccccc2s1. The fraction of sp³-hybridized carbons (Fsp3) is 0. The molecule has 1 heterocycles. The van der Waals surface area contributed by atoms with Crippen molar-refractivity contribution in [3.63, 3.8) is 0 Å². The maximum absolute atomic E-state index is 10.6. The molecule has 0 atom stereocenters. The number of nitrogen functional groups attached to an aromatic ring is 1. The van der Waals surface area contributed by atoms with Crippen LogP contribution in [0.15, 0.2) is 54.6 Å². The van der Waals surface area contributed by atoms with E-state index in [4.69, 9.17) is 16.6 Å². The van der Waals surface area contributed by atoms with Crippen LogP contribution in [0.2, 0.25) is 0 Å². The smallest absolute Gasteiger partial charge is 0.345 e. The molecule has 22 heavy (non-hydrogen) atoms. The van der Waals surface area contributed by atoms with Crippen molar-refractivity contribution in [2.24, 2.45) is 5.73 Å². The van der Waals surface area contributed by atoms with Crippen LogP contribution < -0.4 is 11.5 Å². The van der Waals surface area contributed by atoms with E-state index in [0.717, 1.165) is 10.1 Å². The van der Waals surface area contributed by atoms with Gasteiger partial charge in [-0.2, -0.15) is 0 Å². The molecular formula is C16H14N2O3S. The number of rotatable bonds is 2. The first kappa shape index (κ1) is 15.5. The number of hydrogen-bond donors (Lipinski definition) is 3. The van der Waals surface area contributed by atoms with Gasteiger partial charge >= 0.3 is 5.97 Å². The van der Waals surface area contributed by atoms with Gasteiger partial charge in [0.05, 0.1) is 0 Å². The maximum atomic E-state index is 10.6. The number of hydrogen-bond acceptors (Lipinski definition) is 4. The molecule has 0 radical (unpaired) electrons. The third-order valence-electron chi connectivity index (χ3n) is 2.83. The summed E-state index contributed by atoms with van der Waals surface area (Å²) in [6, 6.07) is 15.8. The van der Waals surface area contributed by atoms with Gasteiger partial charge in [-0.3, -0.25) is 4.79 Å². The van der Waals surface area contributed by atoms with Crippen LogP contribution in [0.4, 0.5) is 5.69 Å². The number of carboxylic acid groups (broad SMARTS) is 1. The summed E-state index contributed by atoms with van der Waals surface area (Å²) in [5, 5.41) is 9.70. The summed E-state index contributed by atoms with van der Waals surface area (Å²) in [4.78, 5) is 21.5. The second-order valence-corrected chi connectivity index (χ2v) is 5.52. The highest BCUT2D eigenvalue weighted by atomic mass is 32.1. The number of aromatic carboxylic acids is 1. The first-order chi connectivity index (χ1) is 10.5. The van der Waals surface area contributed by atoms with E-state index in [1.807, 2.05) is 24.3 Å². The summed E-state index contributed by atoms with van der Waals surface area (Å²) < 4.78 is 1.02. The second-order valence-electron chi connectivity index (χ2n) is 4.44. The van der Waals surface area contributed by atoms with E-state index in [1.165, 1.54) is 11.3 Å². The molecule has 0 saturated carbocycles. The maximum Gasteiger partial charge on any atom is 0.345 e. The zero-order chi connectivity index (χ0) is 16.1. The van der Waals surface area contributed by atoms with Crippen LogP contribution in [0, 0.1) is 0 Å². The largest absolute Gasteiger partial charge is 0.477 e. The molecule has 0 aliphatic heterocycles. The molecule has 0 aliphatic rings. The van der Waals surface area contributed by atoms with Gasteiger partial charge in [-0.15, -0.1) is 11.3 Å². The molecular weight excluding hydrogens is 300 g/mol. The number of carbonyl (C=O) groups excluding carboxylic acids is 1. The molecule has 0 bridgehead atoms. The first-order valence-electron chi connectivity index (χ1n) is 6.34. The van der Waals surface area contributed by atoms with Crippen molar-refractivity contribution in [1.29, 1.82) is 0 Å². The van der Waals surface area contributed by atoms with Crippen molar-refractivity contribution < 1.29 is 14.7 Å². The van der Waals surface area contributed by atoms with Crippen LogP contribution in [0.5, 0.6) is 0 Å². The van der Waals surface area contributed by atoms with Crippen LogP contribution in [-0.2, 0) is 0 Å². The van der Waals surface area contributed by atoms with Crippen LogP contribution in [0.25, 0.3) is 10.1 Å². The highest BCUT2D eigenvalue weighted by molar-refractivity contribution is 7.20. The number of benzene rings is 2. The van der Waals surface area contributed by atoms with Gasteiger partial charge in [-0.05, 0) is 41.8 Å². The Labute approximate surface area is 130 Å². The number of thiophene rings is 1. The second kappa shape index (κ2) is 6.73. The molecule has 0 fully saturated rings. The van der Waals surface area contributed by atoms with Gasteiger partial charge in [-0.1, -0.05) is 18.2 Å². The number of fused-ring (bicyclic) bond motifs is 1. The molecule has 112 valence electrons. The van der Waals surface area contributed by atoms with E-state index >= 15 is 0 Å². The van der Waals surface area contributed by atoms with E-state index in [2.05, 4.69) is 0 Å². The van der Waals surface area contributed by atoms with Crippen molar-refractivity contribution >= 4 is 39.0 Å². The molecule has 1 aromatic heterocycles. The minimum Gasteiger partial charge on any atom is -0.477 e. The van der Waals surface area contributed by atoms with E-state index in [-0.39, 0.29) is 0 Å². The molecule has 3 aromatic rings. The number of anilines is 1. The summed E-state index contributed by atoms with van der Waals surface area (Å²) in [7, 11) is 0. The molecule has 0 spiro atoms. The van der Waals surface area contributed by atoms with Gasteiger partial charge in [0.1, 0.15) is 4.88 Å². The predicted octanol–water partition coefficient (Wildman–Crippen LogP) is 2.97. The third-order valence-corrected chi connectivity index (χ3v) is 3.94. The predicted molar refractivity (Wildman–Crippen MR) is 88.2 cm³/mol. The molecule has 0 unspecified atom stereocenters. The molecule has 5 nitrogen and oxygen atoms in total. The van der Waals surface area contributed by atoms with Gasteiger partial charge in [0.15, 0.2) is 0 Å². The number of amides is 1. The first-order valence-corrected chi connectivity index (χ1v) is 7.16. The molecule has 3 rings (SSSR count). The number of nitrogens with two attached hydrogens (primary N) is 2. The Bertz CT molecular complexity index is 777. The lowest BCUT2D eigenvalue weighted by atomic mass is 10.2. The zero-order valence-corrected chi connectivity index (χ0v) is 12.3. The minimum atomic E-state index is -0.851. The van der Waals surface area contributed by atoms with Crippen LogP contribution in [-0.4, -0.2) is 17.0 Å². The monoisotopic (exact) mass is 314 g/mol. The Morgan fingerprint density at radius 3 is 2.18 bits per heavy atom. The van der Waals surface area contributed by atoms with Crippen LogP contribution in [0.3, 0.4) is 0 Å². The lowest BCUT2D eigenvalue weighted by molar-refractivity contribution is 0.0702. The normalized spacial score (nSPS) is 9.82. The third kappa shape index (κ3) is 3.83. The average molecular weight is 314 g/mol. The van der Waals surface area contributed by atoms with Crippen LogP contribution in [0.1, 0.15) is 20.0 Å². The fourth-order valence-electron chi connectivity index (χ4n) is 1.73. The molecule has 6 heteroatoms. The summed E-state index contributed by atoms with van der Waals surface area (Å²) >= 11 is 1.31. The highest BCUT2D eigenvalue weighted by Gasteiger charge is 2.06. The lowest BCUT2D eigenvalue weighted by Crippen LogP contribution is -2.10. The Balaban J connectivity index is 0.000000164. The molecule has 2 aromatic carbocycles. The number of primary amides is 1. The van der Waals surface area contributed by atoms with Gasteiger partial charge in [0.2, 0.25) is 5.91 Å². The topological polar surface area (TPSA) is 106 Å². The van der Waals surface area contributed by atoms with Crippen molar-refractivity contribution in [3.05, 3.63) is 65.0 Å². The van der Waals surface area contributed by atoms with Crippen molar-refractivity contribution in [2.45, 2.75) is 0 Å². The van der Waals surface area contributed by atoms with E-state index < -0.39 is 11.9 Å². The summed E-state index contributed by atoms with van der Waals surface area (Å²) in [6.45, 7) is 0. The number of carboxylic acids is 1. The highest BCUT2D eigenvalue weighted by Crippen LogP contribution is 2.24. The molecule has 1 amide bonds. The summed E-state index contributed by atoms with van der Waals surface area (Å²) in [5.41, 5.74) is 11.5. The Morgan fingerprint density at radius 2 is 1.64 bits per heavy atom. The number of carbonyl (C=O) groups is 2. The Morgan fingerprint density at radius 1 is 1.00 bits per heavy atom. The van der Waals surface area contributed by atoms with Crippen molar-refractivity contribution in [3.8, 4) is 0 Å². The van der Waals surface area contributed by atoms with Crippen LogP contribution >= 0.6 is 11.3 Å². The van der Waals surface area contributed by atoms with E-state index in [1.54, 1.807) is 30.3 Å². The zero-order valence-electron chi connectivity index (χ0n) is 11.5. The van der Waals surface area contributed by atoms with E-state index in [0.29, 0.717) is 16.1 Å². The van der Waals surface area contributed by atoms with Gasteiger partial charge in [0, 0.05) is 16.0 Å². The summed E-state index contributed by atoms with van der Waals surface area (Å²) in [6.07, 6.45) is 0. The Hall–Kier alpha value is -2.86. The Kier molecular flexibility index (Phi) is 4.75. The van der Waals surface area contributed by atoms with Crippen molar-refractivity contribution in [2.75, 3.05) is 5.73 Å².